The van der Waals surface area contributed by atoms with Gasteiger partial charge >= 0.3 is 5.97 Å². The summed E-state index contributed by atoms with van der Waals surface area (Å²) in [5.41, 5.74) is 1.19. The fraction of sp³-hybridized carbons (Fsp3) is 0.190. The van der Waals surface area contributed by atoms with Gasteiger partial charge in [-0.3, -0.25) is 9.69 Å². The Kier molecular flexibility index (Phi) is 6.56. The van der Waals surface area contributed by atoms with E-state index in [1.807, 2.05) is 0 Å². The van der Waals surface area contributed by atoms with Gasteiger partial charge in [-0.1, -0.05) is 12.1 Å². The molecule has 1 aromatic heterocycles. The van der Waals surface area contributed by atoms with Crippen LogP contribution in [0.5, 0.6) is 5.75 Å². The highest BCUT2D eigenvalue weighted by molar-refractivity contribution is 7.14. The molecule has 0 saturated carbocycles. The Balaban J connectivity index is 1.69. The topological polar surface area (TPSA) is 68.7 Å². The molecule has 0 bridgehead atoms. The van der Waals surface area contributed by atoms with Gasteiger partial charge in [0.15, 0.2) is 5.13 Å². The molecule has 0 unspecified atom stereocenters. The average molecular weight is 414 g/mol. The lowest BCUT2D eigenvalue weighted by atomic mass is 10.2. The maximum Gasteiger partial charge on any atom is 0.338 e. The fourth-order valence-corrected chi connectivity index (χ4v) is 3.43. The summed E-state index contributed by atoms with van der Waals surface area (Å²) in [7, 11) is 0. The monoisotopic (exact) mass is 414 g/mol. The molecule has 3 rings (SSSR count). The number of ether oxygens (including phenoxy) is 2. The highest BCUT2D eigenvalue weighted by Crippen LogP contribution is 2.31. The second-order valence-electron chi connectivity index (χ2n) is 5.96. The van der Waals surface area contributed by atoms with Gasteiger partial charge < -0.3 is 9.47 Å². The van der Waals surface area contributed by atoms with E-state index in [2.05, 4.69) is 4.98 Å². The Bertz CT molecular complexity index is 1000. The molecule has 29 heavy (non-hydrogen) atoms. The number of aromatic nitrogens is 1. The normalized spacial score (nSPS) is 10.4. The molecule has 0 spiro atoms. The number of hydrogen-bond donors (Lipinski definition) is 0. The Hall–Kier alpha value is -3.26. The molecular weight excluding hydrogens is 395 g/mol. The van der Waals surface area contributed by atoms with E-state index in [1.54, 1.807) is 48.7 Å². The molecule has 2 aromatic carbocycles. The number of para-hydroxylation sites is 1. The van der Waals surface area contributed by atoms with Gasteiger partial charge in [0.1, 0.15) is 18.2 Å². The van der Waals surface area contributed by atoms with Crippen LogP contribution in [0.15, 0.2) is 53.9 Å². The molecule has 0 saturated heterocycles. The zero-order chi connectivity index (χ0) is 20.8. The van der Waals surface area contributed by atoms with E-state index in [0.717, 1.165) is 0 Å². The van der Waals surface area contributed by atoms with Gasteiger partial charge in [0.2, 0.25) is 5.91 Å². The average Bonchev–Trinajstić information content (AvgIpc) is 3.17. The summed E-state index contributed by atoms with van der Waals surface area (Å²) < 4.78 is 24.7. The molecule has 0 aliphatic carbocycles. The van der Waals surface area contributed by atoms with E-state index < -0.39 is 5.82 Å². The van der Waals surface area contributed by atoms with E-state index in [0.29, 0.717) is 28.7 Å². The molecule has 8 heteroatoms. The lowest BCUT2D eigenvalue weighted by Gasteiger charge is -2.18. The third kappa shape index (κ3) is 4.97. The minimum absolute atomic E-state index is 0.149. The van der Waals surface area contributed by atoms with Gasteiger partial charge in [0, 0.05) is 12.3 Å². The molecule has 150 valence electrons. The number of esters is 1. The molecule has 0 radical (unpaired) electrons. The Morgan fingerprint density at radius 2 is 1.86 bits per heavy atom. The highest BCUT2D eigenvalue weighted by atomic mass is 32.1. The molecule has 0 aliphatic rings. The number of rotatable bonds is 7. The van der Waals surface area contributed by atoms with Gasteiger partial charge in [-0.15, -0.1) is 11.3 Å². The summed E-state index contributed by atoms with van der Waals surface area (Å²) in [5.74, 6) is -0.672. The van der Waals surface area contributed by atoms with Crippen molar-refractivity contribution in [1.29, 1.82) is 0 Å². The van der Waals surface area contributed by atoms with E-state index >= 15 is 0 Å². The van der Waals surface area contributed by atoms with Crippen LogP contribution in [0, 0.1) is 5.82 Å². The van der Waals surface area contributed by atoms with E-state index in [4.69, 9.17) is 9.47 Å². The largest absolute Gasteiger partial charge is 0.487 e. The summed E-state index contributed by atoms with van der Waals surface area (Å²) in [6.07, 6.45) is 0. The summed E-state index contributed by atoms with van der Waals surface area (Å²) >= 11 is 1.22. The van der Waals surface area contributed by atoms with Crippen LogP contribution >= 0.6 is 11.3 Å². The molecule has 1 amide bonds. The quantitative estimate of drug-likeness (QED) is 0.523. The molecule has 3 aromatic rings. The highest BCUT2D eigenvalue weighted by Gasteiger charge is 2.21. The number of halogens is 1. The number of carbonyl (C=O) groups excluding carboxylic acids is 2. The number of carbonyl (C=O) groups is 2. The van der Waals surface area contributed by atoms with Crippen LogP contribution < -0.4 is 9.64 Å². The maximum atomic E-state index is 14.1. The number of nitrogens with zero attached hydrogens (tertiary/aromatic N) is 2. The second kappa shape index (κ2) is 9.29. The van der Waals surface area contributed by atoms with Crippen molar-refractivity contribution in [3.63, 3.8) is 0 Å². The first-order valence-corrected chi connectivity index (χ1v) is 9.77. The summed E-state index contributed by atoms with van der Waals surface area (Å²) in [5, 5.41) is 2.11. The number of anilines is 2. The molecule has 0 fully saturated rings. The van der Waals surface area contributed by atoms with Gasteiger partial charge in [0.05, 0.1) is 23.6 Å². The first-order chi connectivity index (χ1) is 14.0. The molecule has 1 heterocycles. The SMILES string of the molecule is CCOC(=O)c1ccc(OCc2csc(N(C(C)=O)c3ccccc3F)n2)cc1. The van der Waals surface area contributed by atoms with Crippen LogP contribution in [0.4, 0.5) is 15.2 Å². The Morgan fingerprint density at radius 3 is 2.52 bits per heavy atom. The standard InChI is InChI=1S/C21H19FN2O4S/c1-3-27-20(26)15-8-10-17(11-9-15)28-12-16-13-29-21(23-16)24(14(2)25)19-7-5-4-6-18(19)22/h4-11,13H,3,12H2,1-2H3. The molecule has 0 atom stereocenters. The van der Waals surface area contributed by atoms with Crippen molar-refractivity contribution < 1.29 is 23.5 Å². The Morgan fingerprint density at radius 1 is 1.14 bits per heavy atom. The van der Waals surface area contributed by atoms with Gasteiger partial charge in [-0.05, 0) is 43.3 Å². The maximum absolute atomic E-state index is 14.1. The van der Waals surface area contributed by atoms with Gasteiger partial charge in [0.25, 0.3) is 0 Å². The van der Waals surface area contributed by atoms with Crippen LogP contribution in [0.25, 0.3) is 0 Å². The summed E-state index contributed by atoms with van der Waals surface area (Å²) in [4.78, 5) is 29.4. The number of hydrogen-bond acceptors (Lipinski definition) is 6. The van der Waals surface area contributed by atoms with Crippen molar-refractivity contribution in [2.45, 2.75) is 20.5 Å². The number of benzene rings is 2. The smallest absolute Gasteiger partial charge is 0.338 e. The van der Waals surface area contributed by atoms with Crippen LogP contribution in [-0.4, -0.2) is 23.5 Å². The lowest BCUT2D eigenvalue weighted by Crippen LogP contribution is -2.23. The van der Waals surface area contributed by atoms with Crippen molar-refractivity contribution in [3.05, 3.63) is 71.0 Å². The third-order valence-corrected chi connectivity index (χ3v) is 4.77. The van der Waals surface area contributed by atoms with Gasteiger partial charge in [-0.25, -0.2) is 14.2 Å². The van der Waals surface area contributed by atoms with Crippen LogP contribution in [0.1, 0.15) is 29.9 Å². The third-order valence-electron chi connectivity index (χ3n) is 3.89. The van der Waals surface area contributed by atoms with Crippen LogP contribution in [0.2, 0.25) is 0 Å². The summed E-state index contributed by atoms with van der Waals surface area (Å²) in [6, 6.07) is 12.6. The molecule has 6 nitrogen and oxygen atoms in total. The van der Waals surface area contributed by atoms with E-state index in [1.165, 1.54) is 35.3 Å². The minimum Gasteiger partial charge on any atom is -0.487 e. The fourth-order valence-electron chi connectivity index (χ4n) is 2.56. The molecule has 0 N–H and O–H groups in total. The van der Waals surface area contributed by atoms with Crippen molar-refractivity contribution in [2.24, 2.45) is 0 Å². The van der Waals surface area contributed by atoms with Crippen LogP contribution in [-0.2, 0) is 16.1 Å². The van der Waals surface area contributed by atoms with Gasteiger partial charge in [-0.2, -0.15) is 0 Å². The zero-order valence-electron chi connectivity index (χ0n) is 15.9. The Labute approximate surface area is 171 Å². The van der Waals surface area contributed by atoms with Crippen molar-refractivity contribution in [3.8, 4) is 5.75 Å². The predicted octanol–water partition coefficient (Wildman–Crippen LogP) is 4.72. The number of thiazole rings is 1. The van der Waals surface area contributed by atoms with E-state index in [-0.39, 0.29) is 24.2 Å². The van der Waals surface area contributed by atoms with Crippen molar-refractivity contribution in [2.75, 3.05) is 11.5 Å². The van der Waals surface area contributed by atoms with Crippen molar-refractivity contribution >= 4 is 34.0 Å². The predicted molar refractivity (Wildman–Crippen MR) is 108 cm³/mol. The lowest BCUT2D eigenvalue weighted by molar-refractivity contribution is -0.115. The van der Waals surface area contributed by atoms with E-state index in [9.17, 15) is 14.0 Å². The minimum atomic E-state index is -0.502. The first kappa shape index (κ1) is 20.5. The zero-order valence-corrected chi connectivity index (χ0v) is 16.7. The molecule has 0 aliphatic heterocycles. The first-order valence-electron chi connectivity index (χ1n) is 8.89. The molecular formula is C21H19FN2O4S. The summed E-state index contributed by atoms with van der Waals surface area (Å²) in [6.45, 7) is 3.58. The number of amides is 1. The van der Waals surface area contributed by atoms with Crippen molar-refractivity contribution in [1.82, 2.24) is 4.98 Å². The van der Waals surface area contributed by atoms with Crippen LogP contribution in [0.3, 0.4) is 0 Å². The second-order valence-corrected chi connectivity index (χ2v) is 6.80.